The maximum atomic E-state index is 11.3. The number of allylic oxidation sites excluding steroid dienone is 2. The second kappa shape index (κ2) is 3.33. The van der Waals surface area contributed by atoms with Crippen LogP contribution in [0.1, 0.15) is 25.0 Å². The van der Waals surface area contributed by atoms with Gasteiger partial charge in [0, 0.05) is 0 Å². The van der Waals surface area contributed by atoms with E-state index in [1.165, 1.54) is 6.26 Å². The summed E-state index contributed by atoms with van der Waals surface area (Å²) in [5, 5.41) is 9.27. The van der Waals surface area contributed by atoms with E-state index >= 15 is 0 Å². The lowest BCUT2D eigenvalue weighted by molar-refractivity contribution is -0.145. The second-order valence-corrected chi connectivity index (χ2v) is 3.58. The molecule has 1 atom stereocenters. The summed E-state index contributed by atoms with van der Waals surface area (Å²) in [5.74, 6) is -0.230. The molecule has 0 spiro atoms. The van der Waals surface area contributed by atoms with E-state index in [0.29, 0.717) is 18.6 Å². The monoisotopic (exact) mass is 192 g/mol. The summed E-state index contributed by atoms with van der Waals surface area (Å²) < 4.78 is 5.22. The minimum atomic E-state index is -0.835. The Kier molecular flexibility index (Phi) is 2.15. The minimum Gasteiger partial charge on any atom is -0.480 e. The molecule has 0 amide bonds. The maximum absolute atomic E-state index is 11.3. The molecule has 0 aliphatic heterocycles. The molecule has 1 N–H and O–H groups in total. The van der Waals surface area contributed by atoms with Crippen LogP contribution in [0, 0.1) is 0 Å². The Balaban J connectivity index is 2.41. The molecule has 0 fully saturated rings. The fourth-order valence-electron chi connectivity index (χ4n) is 1.91. The first kappa shape index (κ1) is 9.06. The van der Waals surface area contributed by atoms with Crippen molar-refractivity contribution in [2.24, 2.45) is 0 Å². The van der Waals surface area contributed by atoms with Crippen LogP contribution in [-0.4, -0.2) is 11.1 Å². The lowest BCUT2D eigenvalue weighted by Crippen LogP contribution is -2.36. The zero-order chi connectivity index (χ0) is 10.0. The molecule has 1 aliphatic rings. The number of carboxylic acids is 1. The van der Waals surface area contributed by atoms with Crippen LogP contribution in [-0.2, 0) is 10.2 Å². The number of carboxylic acid groups (broad SMARTS) is 1. The number of aliphatic carboxylic acids is 1. The summed E-state index contributed by atoms with van der Waals surface area (Å²) >= 11 is 0. The van der Waals surface area contributed by atoms with Gasteiger partial charge >= 0.3 is 5.97 Å². The first-order chi connectivity index (χ1) is 6.76. The van der Waals surface area contributed by atoms with Gasteiger partial charge in [0.25, 0.3) is 0 Å². The smallest absolute Gasteiger partial charge is 0.317 e. The Labute approximate surface area is 82.0 Å². The van der Waals surface area contributed by atoms with Crippen molar-refractivity contribution in [3.63, 3.8) is 0 Å². The van der Waals surface area contributed by atoms with Crippen LogP contribution in [0.3, 0.4) is 0 Å². The van der Waals surface area contributed by atoms with Crippen LogP contribution in [0.15, 0.2) is 35.0 Å². The van der Waals surface area contributed by atoms with E-state index < -0.39 is 11.4 Å². The molecule has 1 aromatic heterocycles. The zero-order valence-electron chi connectivity index (χ0n) is 7.77. The fourth-order valence-corrected chi connectivity index (χ4v) is 1.91. The zero-order valence-corrected chi connectivity index (χ0v) is 7.77. The predicted molar refractivity (Wildman–Crippen MR) is 51.0 cm³/mol. The number of carbonyl (C=O) groups is 1. The van der Waals surface area contributed by atoms with E-state index in [4.69, 9.17) is 4.42 Å². The van der Waals surface area contributed by atoms with Crippen molar-refractivity contribution in [1.82, 2.24) is 0 Å². The lowest BCUT2D eigenvalue weighted by atomic mass is 9.75. The molecular weight excluding hydrogens is 180 g/mol. The van der Waals surface area contributed by atoms with E-state index in [1.54, 1.807) is 12.1 Å². The highest BCUT2D eigenvalue weighted by atomic mass is 16.4. The third-order valence-corrected chi connectivity index (χ3v) is 2.77. The highest BCUT2D eigenvalue weighted by molar-refractivity contribution is 5.81. The lowest BCUT2D eigenvalue weighted by Gasteiger charge is -2.28. The van der Waals surface area contributed by atoms with Gasteiger partial charge in [-0.25, -0.2) is 0 Å². The molecule has 74 valence electrons. The number of hydrogen-bond acceptors (Lipinski definition) is 2. The molecule has 1 aliphatic carbocycles. The van der Waals surface area contributed by atoms with Gasteiger partial charge in [-0.05, 0) is 31.4 Å². The van der Waals surface area contributed by atoms with E-state index in [9.17, 15) is 9.90 Å². The molecule has 0 bridgehead atoms. The quantitative estimate of drug-likeness (QED) is 0.731. The van der Waals surface area contributed by atoms with Gasteiger partial charge in [-0.1, -0.05) is 12.2 Å². The average molecular weight is 192 g/mol. The molecule has 1 heterocycles. The average Bonchev–Trinajstić information content (AvgIpc) is 2.72. The van der Waals surface area contributed by atoms with Crippen LogP contribution < -0.4 is 0 Å². The van der Waals surface area contributed by atoms with Crippen molar-refractivity contribution in [3.05, 3.63) is 36.3 Å². The SMILES string of the molecule is O=C(O)C1(c2ccco2)CC=CCC1. The Morgan fingerprint density at radius 2 is 2.36 bits per heavy atom. The van der Waals surface area contributed by atoms with Gasteiger partial charge in [-0.3, -0.25) is 4.79 Å². The number of furan rings is 1. The normalized spacial score (nSPS) is 26.3. The van der Waals surface area contributed by atoms with Crippen LogP contribution in [0.5, 0.6) is 0 Å². The predicted octanol–water partition coefficient (Wildman–Crippen LogP) is 2.34. The van der Waals surface area contributed by atoms with Crippen LogP contribution in [0.25, 0.3) is 0 Å². The second-order valence-electron chi connectivity index (χ2n) is 3.58. The van der Waals surface area contributed by atoms with Gasteiger partial charge in [0.1, 0.15) is 11.2 Å². The first-order valence-electron chi connectivity index (χ1n) is 4.68. The molecule has 1 unspecified atom stereocenters. The maximum Gasteiger partial charge on any atom is 0.317 e. The molecule has 3 nitrogen and oxygen atoms in total. The first-order valence-corrected chi connectivity index (χ1v) is 4.68. The van der Waals surface area contributed by atoms with E-state index in [1.807, 2.05) is 12.2 Å². The largest absolute Gasteiger partial charge is 0.480 e. The standard InChI is InChI=1S/C11H12O3/c12-10(13)11(6-2-1-3-7-11)9-5-4-8-14-9/h1-2,4-5,8H,3,6-7H2,(H,12,13). The third kappa shape index (κ3) is 1.25. The molecule has 0 saturated carbocycles. The molecule has 14 heavy (non-hydrogen) atoms. The summed E-state index contributed by atoms with van der Waals surface area (Å²) in [5.41, 5.74) is -0.835. The van der Waals surface area contributed by atoms with Gasteiger partial charge < -0.3 is 9.52 Å². The van der Waals surface area contributed by atoms with Crippen molar-refractivity contribution in [3.8, 4) is 0 Å². The van der Waals surface area contributed by atoms with Crippen LogP contribution in [0.4, 0.5) is 0 Å². The van der Waals surface area contributed by atoms with E-state index in [2.05, 4.69) is 0 Å². The number of rotatable bonds is 2. The fraction of sp³-hybridized carbons (Fsp3) is 0.364. The van der Waals surface area contributed by atoms with Crippen LogP contribution in [0.2, 0.25) is 0 Å². The molecule has 0 radical (unpaired) electrons. The Bertz CT molecular complexity index is 351. The van der Waals surface area contributed by atoms with Crippen molar-refractivity contribution in [2.45, 2.75) is 24.7 Å². The van der Waals surface area contributed by atoms with Crippen LogP contribution >= 0.6 is 0 Å². The summed E-state index contributed by atoms with van der Waals surface area (Å²) in [6.07, 6.45) is 7.40. The molecule has 2 rings (SSSR count). The molecule has 3 heteroatoms. The van der Waals surface area contributed by atoms with E-state index in [-0.39, 0.29) is 0 Å². The van der Waals surface area contributed by atoms with Crippen molar-refractivity contribution in [1.29, 1.82) is 0 Å². The molecule has 0 aromatic carbocycles. The van der Waals surface area contributed by atoms with Gasteiger partial charge in [0.2, 0.25) is 0 Å². The molecular formula is C11H12O3. The summed E-state index contributed by atoms with van der Waals surface area (Å²) in [7, 11) is 0. The van der Waals surface area contributed by atoms with Crippen molar-refractivity contribution < 1.29 is 14.3 Å². The Morgan fingerprint density at radius 3 is 2.86 bits per heavy atom. The van der Waals surface area contributed by atoms with Gasteiger partial charge in [-0.15, -0.1) is 0 Å². The summed E-state index contributed by atoms with van der Waals surface area (Å²) in [4.78, 5) is 11.3. The minimum absolute atomic E-state index is 0.524. The summed E-state index contributed by atoms with van der Waals surface area (Å²) in [6.45, 7) is 0. The Morgan fingerprint density at radius 1 is 1.50 bits per heavy atom. The number of hydrogen-bond donors (Lipinski definition) is 1. The van der Waals surface area contributed by atoms with Gasteiger partial charge in [0.05, 0.1) is 6.26 Å². The Hall–Kier alpha value is -1.51. The van der Waals surface area contributed by atoms with Gasteiger partial charge in [0.15, 0.2) is 0 Å². The summed E-state index contributed by atoms with van der Waals surface area (Å²) in [6, 6.07) is 3.48. The third-order valence-electron chi connectivity index (χ3n) is 2.77. The van der Waals surface area contributed by atoms with Crippen molar-refractivity contribution >= 4 is 5.97 Å². The van der Waals surface area contributed by atoms with Crippen molar-refractivity contribution in [2.75, 3.05) is 0 Å². The topological polar surface area (TPSA) is 50.4 Å². The van der Waals surface area contributed by atoms with E-state index in [0.717, 1.165) is 6.42 Å². The molecule has 0 saturated heterocycles. The molecule has 1 aromatic rings. The highest BCUT2D eigenvalue weighted by Crippen LogP contribution is 2.37. The van der Waals surface area contributed by atoms with Gasteiger partial charge in [-0.2, -0.15) is 0 Å². The highest BCUT2D eigenvalue weighted by Gasteiger charge is 2.42.